The summed E-state index contributed by atoms with van der Waals surface area (Å²) in [6.07, 6.45) is 1.87. The minimum absolute atomic E-state index is 0.0400. The van der Waals surface area contributed by atoms with Crippen molar-refractivity contribution in [3.05, 3.63) is 12.7 Å². The first-order chi connectivity index (χ1) is 7.31. The molecule has 0 saturated heterocycles. The van der Waals surface area contributed by atoms with Gasteiger partial charge in [0.15, 0.2) is 0 Å². The molecule has 0 aliphatic heterocycles. The third kappa shape index (κ3) is 11.0. The number of carbonyl (C=O) groups excluding carboxylic acids is 1. The predicted octanol–water partition coefficient (Wildman–Crippen LogP) is 0.131. The molecule has 0 rings (SSSR count). The number of rotatable bonds is 10. The lowest BCUT2D eigenvalue weighted by Gasteiger charge is -2.04. The average Bonchev–Trinajstić information content (AvgIpc) is 2.26. The van der Waals surface area contributed by atoms with Gasteiger partial charge in [0.25, 0.3) is 0 Å². The average molecular weight is 218 g/mol. The second-order valence-electron chi connectivity index (χ2n) is 2.67. The summed E-state index contributed by atoms with van der Waals surface area (Å²) in [4.78, 5) is 10.6. The van der Waals surface area contributed by atoms with E-state index in [0.29, 0.717) is 26.4 Å². The minimum Gasteiger partial charge on any atom is -0.460 e. The maximum atomic E-state index is 10.6. The Bertz CT molecular complexity index is 169. The van der Waals surface area contributed by atoms with Crippen molar-refractivity contribution < 1.29 is 24.1 Å². The molecular weight excluding hydrogens is 200 g/mol. The highest BCUT2D eigenvalue weighted by atomic mass is 16.6. The van der Waals surface area contributed by atoms with Crippen LogP contribution in [0.4, 0.5) is 0 Å². The van der Waals surface area contributed by atoms with Crippen molar-refractivity contribution in [1.82, 2.24) is 0 Å². The number of esters is 1. The molecule has 0 radical (unpaired) electrons. The molecule has 0 fully saturated rings. The fourth-order valence-corrected chi connectivity index (χ4v) is 0.792. The molecule has 1 N–H and O–H groups in total. The van der Waals surface area contributed by atoms with Crippen LogP contribution in [0.3, 0.4) is 0 Å². The van der Waals surface area contributed by atoms with Gasteiger partial charge >= 0.3 is 5.97 Å². The van der Waals surface area contributed by atoms with Gasteiger partial charge in [-0.15, -0.1) is 0 Å². The van der Waals surface area contributed by atoms with E-state index in [9.17, 15) is 4.79 Å². The summed E-state index contributed by atoms with van der Waals surface area (Å²) in [5.74, 6) is -0.440. The Balaban J connectivity index is 2.98. The molecule has 0 heterocycles. The van der Waals surface area contributed by atoms with E-state index in [4.69, 9.17) is 14.6 Å². The van der Waals surface area contributed by atoms with Gasteiger partial charge in [0.2, 0.25) is 0 Å². The monoisotopic (exact) mass is 218 g/mol. The number of hydrogen-bond acceptors (Lipinski definition) is 5. The fourth-order valence-electron chi connectivity index (χ4n) is 0.792. The van der Waals surface area contributed by atoms with Crippen LogP contribution in [0.5, 0.6) is 0 Å². The molecule has 0 aromatic rings. The van der Waals surface area contributed by atoms with Gasteiger partial charge in [0.05, 0.1) is 19.8 Å². The third-order valence-corrected chi connectivity index (χ3v) is 1.45. The molecule has 0 aromatic heterocycles. The molecule has 88 valence electrons. The summed E-state index contributed by atoms with van der Waals surface area (Å²) >= 11 is 0. The molecule has 0 aliphatic rings. The van der Waals surface area contributed by atoms with Gasteiger partial charge in [0.1, 0.15) is 6.61 Å². The van der Waals surface area contributed by atoms with Gasteiger partial charge in [-0.2, -0.15) is 0 Å². The van der Waals surface area contributed by atoms with E-state index in [1.54, 1.807) is 0 Å². The van der Waals surface area contributed by atoms with Crippen LogP contribution in [0, 0.1) is 0 Å². The summed E-state index contributed by atoms with van der Waals surface area (Å²) in [5, 5.41) is 8.40. The van der Waals surface area contributed by atoms with Crippen LogP contribution in [0.1, 0.15) is 6.42 Å². The molecule has 5 nitrogen and oxygen atoms in total. The lowest BCUT2D eigenvalue weighted by atomic mass is 10.5. The Kier molecular flexibility index (Phi) is 10.5. The number of aliphatic hydroxyl groups is 1. The summed E-state index contributed by atoms with van der Waals surface area (Å²) in [6.45, 7) is 5.39. The summed E-state index contributed by atoms with van der Waals surface area (Å²) < 4.78 is 14.9. The van der Waals surface area contributed by atoms with E-state index in [2.05, 4.69) is 11.3 Å². The first-order valence-electron chi connectivity index (χ1n) is 4.86. The van der Waals surface area contributed by atoms with Gasteiger partial charge in [-0.25, -0.2) is 4.79 Å². The van der Waals surface area contributed by atoms with Gasteiger partial charge in [-0.1, -0.05) is 6.58 Å². The summed E-state index contributed by atoms with van der Waals surface area (Å²) in [6, 6.07) is 0. The Labute approximate surface area is 89.6 Å². The molecule has 0 aromatic carbocycles. The van der Waals surface area contributed by atoms with Crippen LogP contribution in [0.15, 0.2) is 12.7 Å². The first kappa shape index (κ1) is 14.1. The molecule has 0 atom stereocenters. The molecule has 0 unspecified atom stereocenters. The quantitative estimate of drug-likeness (QED) is 0.321. The van der Waals surface area contributed by atoms with E-state index in [1.165, 1.54) is 0 Å². The second-order valence-corrected chi connectivity index (χ2v) is 2.67. The topological polar surface area (TPSA) is 65.0 Å². The van der Waals surface area contributed by atoms with Crippen LogP contribution < -0.4 is 0 Å². The number of aliphatic hydroxyl groups excluding tert-OH is 1. The van der Waals surface area contributed by atoms with E-state index in [-0.39, 0.29) is 13.2 Å². The summed E-state index contributed by atoms with van der Waals surface area (Å²) in [5.41, 5.74) is 0. The number of hydrogen-bond donors (Lipinski definition) is 1. The van der Waals surface area contributed by atoms with Crippen molar-refractivity contribution in [3.63, 3.8) is 0 Å². The molecule has 5 heteroatoms. The van der Waals surface area contributed by atoms with Crippen LogP contribution in [0.2, 0.25) is 0 Å². The lowest BCUT2D eigenvalue weighted by Crippen LogP contribution is -2.10. The van der Waals surface area contributed by atoms with E-state index < -0.39 is 5.97 Å². The normalized spacial score (nSPS) is 9.93. The first-order valence-corrected chi connectivity index (χ1v) is 4.86. The van der Waals surface area contributed by atoms with Crippen LogP contribution in [-0.4, -0.2) is 50.7 Å². The van der Waals surface area contributed by atoms with Crippen molar-refractivity contribution in [2.45, 2.75) is 6.42 Å². The molecule has 0 aliphatic carbocycles. The Morgan fingerprint density at radius 2 is 1.80 bits per heavy atom. The zero-order valence-corrected chi connectivity index (χ0v) is 8.81. The highest BCUT2D eigenvalue weighted by Gasteiger charge is 1.94. The largest absolute Gasteiger partial charge is 0.460 e. The van der Waals surface area contributed by atoms with E-state index >= 15 is 0 Å². The van der Waals surface area contributed by atoms with E-state index in [0.717, 1.165) is 12.5 Å². The van der Waals surface area contributed by atoms with Crippen molar-refractivity contribution in [2.24, 2.45) is 0 Å². The van der Waals surface area contributed by atoms with Crippen LogP contribution in [0.25, 0.3) is 0 Å². The highest BCUT2D eigenvalue weighted by Crippen LogP contribution is 1.86. The Morgan fingerprint density at radius 1 is 1.13 bits per heavy atom. The Hall–Kier alpha value is -0.910. The second kappa shape index (κ2) is 11.2. The lowest BCUT2D eigenvalue weighted by molar-refractivity contribution is -0.139. The van der Waals surface area contributed by atoms with Crippen molar-refractivity contribution in [3.8, 4) is 0 Å². The van der Waals surface area contributed by atoms with Gasteiger partial charge in [-0.3, -0.25) is 0 Å². The standard InChI is InChI=1S/C10H18O5/c1-2-10(12)15-9-8-14-6-3-5-13-7-4-11/h2,11H,1,3-9H2. The van der Waals surface area contributed by atoms with Gasteiger partial charge in [0, 0.05) is 19.3 Å². The zero-order valence-electron chi connectivity index (χ0n) is 8.81. The molecule has 0 amide bonds. The minimum atomic E-state index is -0.440. The SMILES string of the molecule is C=CC(=O)OCCOCCCOCCO. The fraction of sp³-hybridized carbons (Fsp3) is 0.700. The maximum Gasteiger partial charge on any atom is 0.330 e. The smallest absolute Gasteiger partial charge is 0.330 e. The molecule has 0 bridgehead atoms. The highest BCUT2D eigenvalue weighted by molar-refractivity contribution is 5.81. The summed E-state index contributed by atoms with van der Waals surface area (Å²) in [7, 11) is 0. The van der Waals surface area contributed by atoms with Gasteiger partial charge < -0.3 is 19.3 Å². The third-order valence-electron chi connectivity index (χ3n) is 1.45. The van der Waals surface area contributed by atoms with Crippen molar-refractivity contribution in [2.75, 3.05) is 39.6 Å². The van der Waals surface area contributed by atoms with Crippen LogP contribution in [-0.2, 0) is 19.0 Å². The zero-order chi connectivity index (χ0) is 11.4. The molecule has 0 spiro atoms. The maximum absolute atomic E-state index is 10.6. The predicted molar refractivity (Wildman–Crippen MR) is 54.5 cm³/mol. The molecular formula is C10H18O5. The molecule has 0 saturated carbocycles. The number of ether oxygens (including phenoxy) is 3. The van der Waals surface area contributed by atoms with Crippen LogP contribution >= 0.6 is 0 Å². The number of carbonyl (C=O) groups is 1. The Morgan fingerprint density at radius 3 is 2.40 bits per heavy atom. The van der Waals surface area contributed by atoms with Gasteiger partial charge in [-0.05, 0) is 6.42 Å². The van der Waals surface area contributed by atoms with Crippen molar-refractivity contribution >= 4 is 5.97 Å². The molecule has 15 heavy (non-hydrogen) atoms. The van der Waals surface area contributed by atoms with Crippen molar-refractivity contribution in [1.29, 1.82) is 0 Å². The van der Waals surface area contributed by atoms with E-state index in [1.807, 2.05) is 0 Å².